The van der Waals surface area contributed by atoms with Gasteiger partial charge < -0.3 is 5.41 Å². The summed E-state index contributed by atoms with van der Waals surface area (Å²) in [5, 5.41) is 8.61. The maximum Gasteiger partial charge on any atom is 0.0613 e. The molecule has 1 aliphatic heterocycles. The Kier molecular flexibility index (Phi) is 7.90. The highest BCUT2D eigenvalue weighted by Crippen LogP contribution is 2.68. The monoisotopic (exact) mass is 471 g/mol. The molecule has 1 heterocycles. The number of nitrogens with one attached hydrogen (secondary N) is 1. The van der Waals surface area contributed by atoms with Crippen LogP contribution in [0.2, 0.25) is 0 Å². The van der Waals surface area contributed by atoms with Gasteiger partial charge >= 0.3 is 0 Å². The van der Waals surface area contributed by atoms with Crippen LogP contribution in [-0.2, 0) is 0 Å². The van der Waals surface area contributed by atoms with Gasteiger partial charge in [-0.2, -0.15) is 0 Å². The van der Waals surface area contributed by atoms with E-state index in [1.807, 2.05) is 0 Å². The molecule has 1 saturated heterocycles. The van der Waals surface area contributed by atoms with E-state index in [2.05, 4.69) is 104 Å². The van der Waals surface area contributed by atoms with Crippen LogP contribution in [-0.4, -0.2) is 38.5 Å². The van der Waals surface area contributed by atoms with E-state index < -0.39 is 0 Å². The smallest absolute Gasteiger partial charge is 0.0613 e. The lowest BCUT2D eigenvalue weighted by Gasteiger charge is -2.63. The molecule has 3 fully saturated rings. The summed E-state index contributed by atoms with van der Waals surface area (Å²) < 4.78 is 5.38. The van der Waals surface area contributed by atoms with Crippen LogP contribution < -0.4 is 0 Å². The van der Waals surface area contributed by atoms with Crippen LogP contribution in [0.25, 0.3) is 0 Å². The number of fused-ring (bicyclic) bond motifs is 2. The topological polar surface area (TPSA) is 30.3 Å². The van der Waals surface area contributed by atoms with E-state index in [0.29, 0.717) is 23.4 Å². The van der Waals surface area contributed by atoms with Crippen molar-refractivity contribution in [3.05, 3.63) is 34.9 Å². The summed E-state index contributed by atoms with van der Waals surface area (Å²) in [4.78, 5) is 0. The van der Waals surface area contributed by atoms with Gasteiger partial charge in [-0.05, 0) is 108 Å². The Morgan fingerprint density at radius 2 is 1.36 bits per heavy atom. The molecule has 3 nitrogen and oxygen atoms in total. The first-order chi connectivity index (χ1) is 15.1. The van der Waals surface area contributed by atoms with Gasteiger partial charge in [-0.3, -0.25) is 9.34 Å². The first-order valence-corrected chi connectivity index (χ1v) is 14.5. The minimum Gasteiger partial charge on any atom is -0.309 e. The number of hydrogen-bond donors (Lipinski definition) is 1. The van der Waals surface area contributed by atoms with Crippen LogP contribution in [0.15, 0.2) is 18.2 Å². The van der Waals surface area contributed by atoms with E-state index in [1.165, 1.54) is 36.0 Å². The van der Waals surface area contributed by atoms with E-state index in [9.17, 15) is 0 Å². The van der Waals surface area contributed by atoms with Gasteiger partial charge in [-0.15, -0.1) is 0 Å². The fourth-order valence-electron chi connectivity index (χ4n) is 5.98. The standard InChI is InChI=1S/C16H30N3P.C13H20/c1-15(2,3)18-10-19(16(4,5)6)20(18)14-12-8-7-11(9-12)13(14)17;1-9(2)12-7-6-8-13(10(3)4)11(12)5/h11-12,14,17H,7-10H2,1-6H3;6-10H,1-5H3. The third-order valence-electron chi connectivity index (χ3n) is 7.90. The quantitative estimate of drug-likeness (QED) is 0.448. The molecule has 2 saturated carbocycles. The van der Waals surface area contributed by atoms with Crippen LogP contribution in [0.1, 0.15) is 117 Å². The van der Waals surface area contributed by atoms with Crippen molar-refractivity contribution in [3.63, 3.8) is 0 Å². The van der Waals surface area contributed by atoms with Gasteiger partial charge in [0.1, 0.15) is 0 Å². The third kappa shape index (κ3) is 5.41. The molecular weight excluding hydrogens is 421 g/mol. The van der Waals surface area contributed by atoms with Gasteiger partial charge in [0.15, 0.2) is 0 Å². The molecule has 186 valence electrons. The van der Waals surface area contributed by atoms with E-state index >= 15 is 0 Å². The molecule has 2 aliphatic carbocycles. The summed E-state index contributed by atoms with van der Waals surface area (Å²) in [6.07, 6.45) is 3.96. The van der Waals surface area contributed by atoms with E-state index in [-0.39, 0.29) is 19.3 Å². The molecule has 0 aromatic heterocycles. The van der Waals surface area contributed by atoms with Crippen molar-refractivity contribution in [2.24, 2.45) is 11.8 Å². The first kappa shape index (κ1) is 26.8. The molecule has 1 N–H and O–H groups in total. The molecule has 3 unspecified atom stereocenters. The zero-order valence-electron chi connectivity index (χ0n) is 23.3. The number of benzene rings is 1. The van der Waals surface area contributed by atoms with E-state index in [1.54, 1.807) is 0 Å². The Morgan fingerprint density at radius 3 is 1.73 bits per heavy atom. The Hall–Kier alpha value is -0.760. The fraction of sp³-hybridized carbons (Fsp3) is 0.759. The molecular formula is C29H50N3P. The van der Waals surface area contributed by atoms with Crippen LogP contribution in [0.4, 0.5) is 0 Å². The van der Waals surface area contributed by atoms with Crippen molar-refractivity contribution in [1.29, 1.82) is 5.41 Å². The molecule has 2 bridgehead atoms. The summed E-state index contributed by atoms with van der Waals surface area (Å²) in [5.74, 6) is 2.70. The van der Waals surface area contributed by atoms with Crippen molar-refractivity contribution in [2.75, 3.05) is 6.67 Å². The van der Waals surface area contributed by atoms with Crippen molar-refractivity contribution < 1.29 is 0 Å². The van der Waals surface area contributed by atoms with Gasteiger partial charge in [0.05, 0.1) is 14.9 Å². The summed E-state index contributed by atoms with van der Waals surface area (Å²) >= 11 is 0. The Balaban J connectivity index is 0.000000205. The van der Waals surface area contributed by atoms with Crippen molar-refractivity contribution in [1.82, 2.24) is 9.34 Å². The second-order valence-electron chi connectivity index (χ2n) is 13.1. The lowest BCUT2D eigenvalue weighted by molar-refractivity contribution is 0.0741. The second kappa shape index (κ2) is 9.71. The zero-order valence-corrected chi connectivity index (χ0v) is 24.2. The molecule has 1 aromatic carbocycles. The molecule has 33 heavy (non-hydrogen) atoms. The van der Waals surface area contributed by atoms with Gasteiger partial charge in [-0.1, -0.05) is 45.9 Å². The molecule has 0 spiro atoms. The first-order valence-electron chi connectivity index (χ1n) is 13.2. The minimum absolute atomic E-state index is 0.232. The maximum absolute atomic E-state index is 8.61. The molecule has 3 atom stereocenters. The molecule has 3 aliphatic rings. The van der Waals surface area contributed by atoms with Crippen molar-refractivity contribution in [3.8, 4) is 0 Å². The van der Waals surface area contributed by atoms with E-state index in [0.717, 1.165) is 18.3 Å². The Bertz CT molecular complexity index is 799. The maximum atomic E-state index is 8.61. The normalized spacial score (nSPS) is 26.7. The highest BCUT2D eigenvalue weighted by Gasteiger charge is 2.57. The van der Waals surface area contributed by atoms with Crippen molar-refractivity contribution in [2.45, 2.75) is 124 Å². The Morgan fingerprint density at radius 1 is 0.879 bits per heavy atom. The number of hydrogen-bond acceptors (Lipinski definition) is 3. The third-order valence-corrected chi connectivity index (χ3v) is 11.5. The predicted octanol–water partition coefficient (Wildman–Crippen LogP) is 8.53. The molecule has 1 aromatic rings. The summed E-state index contributed by atoms with van der Waals surface area (Å²) in [6, 6.07) is 6.66. The highest BCUT2D eigenvalue weighted by molar-refractivity contribution is 7.56. The average molecular weight is 472 g/mol. The minimum atomic E-state index is -0.314. The van der Waals surface area contributed by atoms with Gasteiger partial charge in [-0.25, -0.2) is 0 Å². The zero-order chi connectivity index (χ0) is 24.9. The molecule has 4 heteroatoms. The van der Waals surface area contributed by atoms with Crippen LogP contribution in [0, 0.1) is 24.2 Å². The highest BCUT2D eigenvalue weighted by atomic mass is 31.1. The molecule has 4 rings (SSSR count). The lowest BCUT2D eigenvalue weighted by atomic mass is 9.90. The van der Waals surface area contributed by atoms with Crippen LogP contribution >= 0.6 is 8.22 Å². The largest absolute Gasteiger partial charge is 0.309 e. The van der Waals surface area contributed by atoms with Gasteiger partial charge in [0.25, 0.3) is 0 Å². The molecule has 0 radical (unpaired) electrons. The summed E-state index contributed by atoms with van der Waals surface area (Å²) in [6.45, 7) is 26.3. The second-order valence-corrected chi connectivity index (χ2v) is 15.3. The van der Waals surface area contributed by atoms with Gasteiger partial charge in [0, 0.05) is 22.4 Å². The predicted molar refractivity (Wildman–Crippen MR) is 147 cm³/mol. The SMILES string of the molecule is CC(C)(C)N1CN(C(C)(C)C)P1C1C(=N)C2CCC1C2.Cc1c(C(C)C)cccc1C(C)C. The number of rotatable bonds is 3. The average Bonchev–Trinajstić information content (AvgIpc) is 3.21. The summed E-state index contributed by atoms with van der Waals surface area (Å²) in [5.41, 5.74) is 6.57. The van der Waals surface area contributed by atoms with Gasteiger partial charge in [0.2, 0.25) is 0 Å². The summed E-state index contributed by atoms with van der Waals surface area (Å²) in [7, 11) is -0.314. The van der Waals surface area contributed by atoms with Crippen LogP contribution in [0.3, 0.4) is 0 Å². The van der Waals surface area contributed by atoms with E-state index in [4.69, 9.17) is 5.41 Å². The number of nitrogens with zero attached hydrogens (tertiary/aromatic N) is 2. The lowest BCUT2D eigenvalue weighted by Crippen LogP contribution is -2.62. The Labute approximate surface area is 206 Å². The fourth-order valence-corrected chi connectivity index (χ4v) is 9.48. The van der Waals surface area contributed by atoms with Crippen LogP contribution in [0.5, 0.6) is 0 Å². The van der Waals surface area contributed by atoms with Crippen molar-refractivity contribution >= 4 is 13.9 Å². The molecule has 0 amide bonds.